The van der Waals surface area contributed by atoms with E-state index in [4.69, 9.17) is 21.1 Å². The molecular weight excluding hydrogens is 290 g/mol. The first-order valence-corrected chi connectivity index (χ1v) is 7.54. The van der Waals surface area contributed by atoms with Crippen LogP contribution in [0.4, 0.5) is 4.79 Å². The first-order valence-electron chi connectivity index (χ1n) is 7.16. The zero-order chi connectivity index (χ0) is 15.6. The van der Waals surface area contributed by atoms with E-state index in [0.29, 0.717) is 11.6 Å². The molecule has 116 valence electrons. The summed E-state index contributed by atoms with van der Waals surface area (Å²) >= 11 is 5.85. The minimum absolute atomic E-state index is 0.0197. The summed E-state index contributed by atoms with van der Waals surface area (Å²) in [6.07, 6.45) is 0.493. The van der Waals surface area contributed by atoms with Crippen molar-refractivity contribution in [3.8, 4) is 5.75 Å². The average molecular weight is 312 g/mol. The third-order valence-corrected chi connectivity index (χ3v) is 3.53. The molecule has 0 aromatic heterocycles. The summed E-state index contributed by atoms with van der Waals surface area (Å²) < 4.78 is 11.3. The van der Waals surface area contributed by atoms with Crippen molar-refractivity contribution in [3.05, 3.63) is 29.3 Å². The standard InChI is InChI=1S/C16H22ClNO3/c1-11-9-14(20-13-7-5-12(17)6-8-13)10-18(11)15(19)21-16(2,3)4/h5-8,11,14H,9-10H2,1-4H3/t11-,14+/m1/s1. The number of likely N-dealkylation sites (tertiary alicyclic amines) is 1. The highest BCUT2D eigenvalue weighted by Gasteiger charge is 2.36. The molecule has 0 spiro atoms. The van der Waals surface area contributed by atoms with Crippen LogP contribution in [0.2, 0.25) is 5.02 Å². The molecule has 1 aliphatic rings. The summed E-state index contributed by atoms with van der Waals surface area (Å²) in [4.78, 5) is 13.9. The van der Waals surface area contributed by atoms with Crippen molar-refractivity contribution in [2.75, 3.05) is 6.54 Å². The van der Waals surface area contributed by atoms with Gasteiger partial charge in [-0.05, 0) is 52.0 Å². The first kappa shape index (κ1) is 16.0. The lowest BCUT2D eigenvalue weighted by Crippen LogP contribution is -2.39. The van der Waals surface area contributed by atoms with Crippen LogP contribution in [0.25, 0.3) is 0 Å². The topological polar surface area (TPSA) is 38.8 Å². The zero-order valence-electron chi connectivity index (χ0n) is 12.9. The monoisotopic (exact) mass is 311 g/mol. The van der Waals surface area contributed by atoms with Crippen LogP contribution in [0.15, 0.2) is 24.3 Å². The fraction of sp³-hybridized carbons (Fsp3) is 0.562. The van der Waals surface area contributed by atoms with Crippen molar-refractivity contribution in [1.82, 2.24) is 4.90 Å². The molecule has 2 atom stereocenters. The molecule has 1 amide bonds. The highest BCUT2D eigenvalue weighted by atomic mass is 35.5. The number of hydrogen-bond donors (Lipinski definition) is 0. The lowest BCUT2D eigenvalue weighted by molar-refractivity contribution is 0.0224. The van der Waals surface area contributed by atoms with Gasteiger partial charge in [-0.15, -0.1) is 0 Å². The van der Waals surface area contributed by atoms with Gasteiger partial charge in [0.05, 0.1) is 6.54 Å². The van der Waals surface area contributed by atoms with E-state index in [1.807, 2.05) is 39.8 Å². The molecule has 2 rings (SSSR count). The van der Waals surface area contributed by atoms with Gasteiger partial charge in [0.15, 0.2) is 0 Å². The van der Waals surface area contributed by atoms with Gasteiger partial charge in [-0.2, -0.15) is 0 Å². The van der Waals surface area contributed by atoms with Gasteiger partial charge in [-0.3, -0.25) is 0 Å². The Kier molecular flexibility index (Phi) is 4.67. The smallest absolute Gasteiger partial charge is 0.410 e. The number of carbonyl (C=O) groups excluding carboxylic acids is 1. The molecule has 1 saturated heterocycles. The van der Waals surface area contributed by atoms with Gasteiger partial charge >= 0.3 is 6.09 Å². The fourth-order valence-electron chi connectivity index (χ4n) is 2.35. The van der Waals surface area contributed by atoms with Crippen molar-refractivity contribution in [2.45, 2.75) is 51.9 Å². The molecule has 1 aromatic carbocycles. The molecule has 0 bridgehead atoms. The molecule has 1 aromatic rings. The fourth-order valence-corrected chi connectivity index (χ4v) is 2.47. The Balaban J connectivity index is 1.94. The van der Waals surface area contributed by atoms with Gasteiger partial charge in [-0.25, -0.2) is 4.79 Å². The normalized spacial score (nSPS) is 22.2. The van der Waals surface area contributed by atoms with Crippen LogP contribution >= 0.6 is 11.6 Å². The van der Waals surface area contributed by atoms with Crippen molar-refractivity contribution >= 4 is 17.7 Å². The Bertz CT molecular complexity index is 495. The van der Waals surface area contributed by atoms with Crippen molar-refractivity contribution < 1.29 is 14.3 Å². The summed E-state index contributed by atoms with van der Waals surface area (Å²) in [5.41, 5.74) is -0.480. The van der Waals surface area contributed by atoms with Crippen LogP contribution in [0.5, 0.6) is 5.75 Å². The number of amides is 1. The molecule has 1 aliphatic heterocycles. The predicted molar refractivity (Wildman–Crippen MR) is 82.9 cm³/mol. The van der Waals surface area contributed by atoms with Gasteiger partial charge in [0.2, 0.25) is 0 Å². The first-order chi connectivity index (χ1) is 9.74. The number of carbonyl (C=O) groups is 1. The lowest BCUT2D eigenvalue weighted by Gasteiger charge is -2.26. The van der Waals surface area contributed by atoms with Crippen LogP contribution in [-0.2, 0) is 4.74 Å². The highest BCUT2D eigenvalue weighted by Crippen LogP contribution is 2.25. The predicted octanol–water partition coefficient (Wildman–Crippen LogP) is 4.12. The maximum absolute atomic E-state index is 12.1. The highest BCUT2D eigenvalue weighted by molar-refractivity contribution is 6.30. The second kappa shape index (κ2) is 6.14. The number of benzene rings is 1. The molecule has 0 aliphatic carbocycles. The number of nitrogens with zero attached hydrogens (tertiary/aromatic N) is 1. The number of ether oxygens (including phenoxy) is 2. The SMILES string of the molecule is C[C@@H]1C[C@H](Oc2ccc(Cl)cc2)CN1C(=O)OC(C)(C)C. The molecular formula is C16H22ClNO3. The number of rotatable bonds is 2. The van der Waals surface area contributed by atoms with Gasteiger partial charge in [0.25, 0.3) is 0 Å². The Morgan fingerprint density at radius 2 is 1.90 bits per heavy atom. The van der Waals surface area contributed by atoms with E-state index in [-0.39, 0.29) is 18.2 Å². The molecule has 0 N–H and O–H groups in total. The van der Waals surface area contributed by atoms with E-state index < -0.39 is 5.60 Å². The minimum Gasteiger partial charge on any atom is -0.489 e. The maximum atomic E-state index is 12.1. The van der Waals surface area contributed by atoms with Crippen LogP contribution in [-0.4, -0.2) is 35.3 Å². The van der Waals surface area contributed by atoms with E-state index in [2.05, 4.69) is 0 Å². The Labute approximate surface area is 131 Å². The van der Waals surface area contributed by atoms with Crippen LogP contribution in [0, 0.1) is 0 Å². The molecule has 21 heavy (non-hydrogen) atoms. The quantitative estimate of drug-likeness (QED) is 0.824. The van der Waals surface area contributed by atoms with Crippen molar-refractivity contribution in [1.29, 1.82) is 0 Å². The van der Waals surface area contributed by atoms with Crippen molar-refractivity contribution in [2.24, 2.45) is 0 Å². The van der Waals surface area contributed by atoms with E-state index >= 15 is 0 Å². The largest absolute Gasteiger partial charge is 0.489 e. The lowest BCUT2D eigenvalue weighted by atomic mass is 10.2. The molecule has 5 heteroatoms. The third kappa shape index (κ3) is 4.53. The second-order valence-electron chi connectivity index (χ2n) is 6.41. The summed E-state index contributed by atoms with van der Waals surface area (Å²) in [6.45, 7) is 8.15. The molecule has 1 fully saturated rings. The maximum Gasteiger partial charge on any atom is 0.410 e. The summed E-state index contributed by atoms with van der Waals surface area (Å²) in [6, 6.07) is 7.37. The summed E-state index contributed by atoms with van der Waals surface area (Å²) in [5.74, 6) is 0.766. The van der Waals surface area contributed by atoms with E-state index in [1.165, 1.54) is 0 Å². The molecule has 0 unspecified atom stereocenters. The molecule has 0 radical (unpaired) electrons. The zero-order valence-corrected chi connectivity index (χ0v) is 13.7. The van der Waals surface area contributed by atoms with Crippen LogP contribution in [0.1, 0.15) is 34.1 Å². The van der Waals surface area contributed by atoms with Gasteiger partial charge in [-0.1, -0.05) is 11.6 Å². The molecule has 0 saturated carbocycles. The van der Waals surface area contributed by atoms with Gasteiger partial charge in [0, 0.05) is 17.5 Å². The van der Waals surface area contributed by atoms with Crippen molar-refractivity contribution in [3.63, 3.8) is 0 Å². The summed E-state index contributed by atoms with van der Waals surface area (Å²) in [5, 5.41) is 0.678. The Morgan fingerprint density at radius 1 is 1.29 bits per heavy atom. The van der Waals surface area contributed by atoms with Crippen LogP contribution < -0.4 is 4.74 Å². The second-order valence-corrected chi connectivity index (χ2v) is 6.85. The van der Waals surface area contributed by atoms with Gasteiger partial charge in [0.1, 0.15) is 17.5 Å². The average Bonchev–Trinajstić information content (AvgIpc) is 2.71. The van der Waals surface area contributed by atoms with Gasteiger partial charge < -0.3 is 14.4 Å². The van der Waals surface area contributed by atoms with E-state index in [9.17, 15) is 4.79 Å². The van der Waals surface area contributed by atoms with E-state index in [1.54, 1.807) is 17.0 Å². The minimum atomic E-state index is -0.480. The Hall–Kier alpha value is -1.42. The third-order valence-electron chi connectivity index (χ3n) is 3.28. The number of halogens is 1. The Morgan fingerprint density at radius 3 is 2.48 bits per heavy atom. The summed E-state index contributed by atoms with van der Waals surface area (Å²) in [7, 11) is 0. The van der Waals surface area contributed by atoms with E-state index in [0.717, 1.165) is 12.2 Å². The number of hydrogen-bond acceptors (Lipinski definition) is 3. The molecule has 4 nitrogen and oxygen atoms in total. The van der Waals surface area contributed by atoms with Crippen LogP contribution in [0.3, 0.4) is 0 Å². The molecule has 1 heterocycles.